The topological polar surface area (TPSA) is 89.3 Å². The number of carboxylic acid groups (broad SMARTS) is 1. The highest BCUT2D eigenvalue weighted by Gasteiger charge is 2.18. The number of fused-ring (bicyclic) bond motifs is 1. The molecule has 1 heterocycles. The maximum absolute atomic E-state index is 10.7. The Morgan fingerprint density at radius 2 is 2.22 bits per heavy atom. The largest absolute Gasteiger partial charge is 0.480 e. The van der Waals surface area contributed by atoms with E-state index in [9.17, 15) is 4.79 Å². The Balaban J connectivity index is 2.11. The van der Waals surface area contributed by atoms with Crippen LogP contribution in [0.25, 0.3) is 0 Å². The van der Waals surface area contributed by atoms with Gasteiger partial charge in [-0.25, -0.2) is 0 Å². The van der Waals surface area contributed by atoms with Crippen molar-refractivity contribution in [2.45, 2.75) is 36.2 Å². The summed E-state index contributed by atoms with van der Waals surface area (Å²) in [5.41, 5.74) is 13.8. The summed E-state index contributed by atoms with van der Waals surface area (Å²) in [5, 5.41) is 8.79. The minimum atomic E-state index is -1.00. The standard InChI is InChI=1S/C13H18N2O2S/c14-10(7-11(15)13(16)17)8-3-4-12-9(6-8)2-1-5-18-12/h3-4,6,10-11H,1-2,5,7,14-15H2,(H,16,17). The monoisotopic (exact) mass is 266 g/mol. The highest BCUT2D eigenvalue weighted by Crippen LogP contribution is 2.32. The second kappa shape index (κ2) is 5.73. The fourth-order valence-corrected chi connectivity index (χ4v) is 3.14. The Kier molecular flexibility index (Phi) is 4.27. The second-order valence-corrected chi connectivity index (χ2v) is 5.74. The molecule has 0 bridgehead atoms. The number of nitrogens with two attached hydrogens (primary N) is 2. The van der Waals surface area contributed by atoms with Crippen LogP contribution in [0.2, 0.25) is 0 Å². The van der Waals surface area contributed by atoms with E-state index in [-0.39, 0.29) is 12.5 Å². The van der Waals surface area contributed by atoms with Crippen LogP contribution < -0.4 is 11.5 Å². The molecule has 1 aromatic carbocycles. The van der Waals surface area contributed by atoms with Gasteiger partial charge in [0.2, 0.25) is 0 Å². The number of benzene rings is 1. The zero-order valence-electron chi connectivity index (χ0n) is 10.1. The molecule has 1 aliphatic heterocycles. The smallest absolute Gasteiger partial charge is 0.320 e. The van der Waals surface area contributed by atoms with Gasteiger partial charge in [-0.2, -0.15) is 0 Å². The quantitative estimate of drug-likeness (QED) is 0.769. The molecule has 0 spiro atoms. The van der Waals surface area contributed by atoms with E-state index in [0.717, 1.165) is 12.0 Å². The van der Waals surface area contributed by atoms with E-state index in [1.54, 1.807) is 0 Å². The Morgan fingerprint density at radius 1 is 1.44 bits per heavy atom. The van der Waals surface area contributed by atoms with Crippen molar-refractivity contribution in [3.05, 3.63) is 29.3 Å². The van der Waals surface area contributed by atoms with E-state index >= 15 is 0 Å². The molecule has 0 saturated carbocycles. The van der Waals surface area contributed by atoms with Gasteiger partial charge in [-0.1, -0.05) is 12.1 Å². The average molecular weight is 266 g/mol. The van der Waals surface area contributed by atoms with E-state index in [2.05, 4.69) is 12.1 Å². The third-order valence-corrected chi connectivity index (χ3v) is 4.39. The number of thioether (sulfide) groups is 1. The van der Waals surface area contributed by atoms with Gasteiger partial charge in [0.15, 0.2) is 0 Å². The van der Waals surface area contributed by atoms with Crippen molar-refractivity contribution in [3.8, 4) is 0 Å². The molecule has 98 valence electrons. The number of carboxylic acids is 1. The van der Waals surface area contributed by atoms with Crippen LogP contribution in [-0.2, 0) is 11.2 Å². The van der Waals surface area contributed by atoms with Crippen LogP contribution in [-0.4, -0.2) is 22.9 Å². The molecule has 18 heavy (non-hydrogen) atoms. The molecule has 5 heteroatoms. The maximum atomic E-state index is 10.7. The lowest BCUT2D eigenvalue weighted by Gasteiger charge is -2.19. The fraction of sp³-hybridized carbons (Fsp3) is 0.462. The van der Waals surface area contributed by atoms with Gasteiger partial charge in [0.1, 0.15) is 6.04 Å². The first kappa shape index (κ1) is 13.4. The Labute approximate surface area is 111 Å². The summed E-state index contributed by atoms with van der Waals surface area (Å²) in [4.78, 5) is 12.0. The van der Waals surface area contributed by atoms with E-state index in [0.29, 0.717) is 0 Å². The van der Waals surface area contributed by atoms with Gasteiger partial charge in [-0.3, -0.25) is 4.79 Å². The van der Waals surface area contributed by atoms with Crippen LogP contribution in [0.4, 0.5) is 0 Å². The average Bonchev–Trinajstić information content (AvgIpc) is 2.37. The van der Waals surface area contributed by atoms with Crippen LogP contribution in [0.3, 0.4) is 0 Å². The van der Waals surface area contributed by atoms with Crippen LogP contribution in [0.5, 0.6) is 0 Å². The van der Waals surface area contributed by atoms with Crippen molar-refractivity contribution < 1.29 is 9.90 Å². The molecular weight excluding hydrogens is 248 g/mol. The van der Waals surface area contributed by atoms with E-state index in [1.807, 2.05) is 17.8 Å². The number of aryl methyl sites for hydroxylation is 1. The molecule has 1 aliphatic rings. The molecule has 4 nitrogen and oxygen atoms in total. The molecule has 1 aromatic rings. The lowest BCUT2D eigenvalue weighted by molar-refractivity contribution is -0.138. The Morgan fingerprint density at radius 3 is 2.94 bits per heavy atom. The normalized spacial score (nSPS) is 17.9. The third-order valence-electron chi connectivity index (χ3n) is 3.19. The third kappa shape index (κ3) is 3.04. The van der Waals surface area contributed by atoms with Crippen LogP contribution >= 0.6 is 11.8 Å². The number of hydrogen-bond acceptors (Lipinski definition) is 4. The maximum Gasteiger partial charge on any atom is 0.320 e. The van der Waals surface area contributed by atoms with Crippen molar-refractivity contribution in [2.75, 3.05) is 5.75 Å². The van der Waals surface area contributed by atoms with E-state index in [1.165, 1.54) is 22.6 Å². The minimum Gasteiger partial charge on any atom is -0.480 e. The Bertz CT molecular complexity index is 451. The molecular formula is C13H18N2O2S. The molecule has 0 radical (unpaired) electrons. The highest BCUT2D eigenvalue weighted by molar-refractivity contribution is 7.99. The summed E-state index contributed by atoms with van der Waals surface area (Å²) in [7, 11) is 0. The molecule has 0 fully saturated rings. The lowest BCUT2D eigenvalue weighted by atomic mass is 9.97. The Hall–Kier alpha value is -1.04. The number of aliphatic carboxylic acids is 1. The van der Waals surface area contributed by atoms with Gasteiger partial charge in [-0.15, -0.1) is 11.8 Å². The summed E-state index contributed by atoms with van der Waals surface area (Å²) in [6, 6.07) is 4.95. The predicted molar refractivity (Wildman–Crippen MR) is 72.6 cm³/mol. The van der Waals surface area contributed by atoms with Gasteiger partial charge < -0.3 is 16.6 Å². The van der Waals surface area contributed by atoms with Crippen molar-refractivity contribution in [3.63, 3.8) is 0 Å². The van der Waals surface area contributed by atoms with Gasteiger partial charge in [-0.05, 0) is 42.2 Å². The number of hydrogen-bond donors (Lipinski definition) is 3. The van der Waals surface area contributed by atoms with Crippen molar-refractivity contribution in [1.29, 1.82) is 0 Å². The van der Waals surface area contributed by atoms with Crippen molar-refractivity contribution in [2.24, 2.45) is 11.5 Å². The predicted octanol–water partition coefficient (Wildman–Crippen LogP) is 1.53. The molecule has 2 atom stereocenters. The van der Waals surface area contributed by atoms with Crippen molar-refractivity contribution >= 4 is 17.7 Å². The molecule has 2 unspecified atom stereocenters. The molecule has 0 aromatic heterocycles. The highest BCUT2D eigenvalue weighted by atomic mass is 32.2. The first-order valence-corrected chi connectivity index (χ1v) is 7.06. The number of rotatable bonds is 4. The molecule has 0 saturated heterocycles. The lowest BCUT2D eigenvalue weighted by Crippen LogP contribution is -2.33. The van der Waals surface area contributed by atoms with E-state index < -0.39 is 12.0 Å². The molecule has 5 N–H and O–H groups in total. The van der Waals surface area contributed by atoms with Gasteiger partial charge >= 0.3 is 5.97 Å². The first-order chi connectivity index (χ1) is 8.58. The van der Waals surface area contributed by atoms with Crippen LogP contribution in [0.1, 0.15) is 30.0 Å². The first-order valence-electron chi connectivity index (χ1n) is 6.07. The molecule has 0 amide bonds. The molecule has 0 aliphatic carbocycles. The van der Waals surface area contributed by atoms with Gasteiger partial charge in [0, 0.05) is 10.9 Å². The van der Waals surface area contributed by atoms with Crippen LogP contribution in [0, 0.1) is 0 Å². The zero-order chi connectivity index (χ0) is 13.1. The zero-order valence-corrected chi connectivity index (χ0v) is 11.0. The summed E-state index contributed by atoms with van der Waals surface area (Å²) >= 11 is 1.87. The van der Waals surface area contributed by atoms with E-state index in [4.69, 9.17) is 16.6 Å². The summed E-state index contributed by atoms with van der Waals surface area (Å²) in [6.45, 7) is 0. The van der Waals surface area contributed by atoms with Crippen LogP contribution in [0.15, 0.2) is 23.1 Å². The molecule has 2 rings (SSSR count). The van der Waals surface area contributed by atoms with Gasteiger partial charge in [0.25, 0.3) is 0 Å². The SMILES string of the molecule is NC(CC(N)c1ccc2c(c1)CCCS2)C(=O)O. The van der Waals surface area contributed by atoms with Gasteiger partial charge in [0.05, 0.1) is 0 Å². The fourth-order valence-electron chi connectivity index (χ4n) is 2.12. The second-order valence-electron chi connectivity index (χ2n) is 4.61. The summed E-state index contributed by atoms with van der Waals surface area (Å²) in [6.07, 6.45) is 2.53. The number of carbonyl (C=O) groups is 1. The van der Waals surface area contributed by atoms with Crippen molar-refractivity contribution in [1.82, 2.24) is 0 Å². The minimum absolute atomic E-state index is 0.265. The summed E-state index contributed by atoms with van der Waals surface area (Å²) in [5.74, 6) is 0.168. The summed E-state index contributed by atoms with van der Waals surface area (Å²) < 4.78 is 0.